The molecule has 2 aromatic carbocycles. The van der Waals surface area contributed by atoms with Crippen LogP contribution in [0.25, 0.3) is 5.69 Å². The number of benzene rings is 2. The molecule has 0 aliphatic heterocycles. The molecular formula is C21H19BrClN3O. The minimum Gasteiger partial charge on any atom is -0.318 e. The second-order valence-electron chi connectivity index (χ2n) is 6.27. The average molecular weight is 445 g/mol. The fourth-order valence-corrected chi connectivity index (χ4v) is 3.54. The first-order valence-electron chi connectivity index (χ1n) is 8.42. The predicted molar refractivity (Wildman–Crippen MR) is 114 cm³/mol. The van der Waals surface area contributed by atoms with E-state index < -0.39 is 0 Å². The molecule has 3 rings (SSSR count). The molecule has 0 atom stereocenters. The number of nitrogens with one attached hydrogen (secondary N) is 1. The fourth-order valence-electron chi connectivity index (χ4n) is 2.90. The predicted octanol–water partition coefficient (Wildman–Crippen LogP) is 5.58. The Kier molecular flexibility index (Phi) is 5.82. The van der Waals surface area contributed by atoms with Crippen molar-refractivity contribution in [1.29, 1.82) is 0 Å². The minimum atomic E-state index is -0.266. The molecule has 1 amide bonds. The normalized spacial score (nSPS) is 11.1. The zero-order valence-corrected chi connectivity index (χ0v) is 17.6. The van der Waals surface area contributed by atoms with Crippen LogP contribution in [0.5, 0.6) is 0 Å². The molecule has 0 radical (unpaired) electrons. The van der Waals surface area contributed by atoms with E-state index in [0.717, 1.165) is 37.7 Å². The lowest BCUT2D eigenvalue weighted by Crippen LogP contribution is -2.18. The lowest BCUT2D eigenvalue weighted by atomic mass is 10.2. The standard InChI is InChI=1S/C21H19BrClN3O/c1-13-8-9-17(11-20(13)23)26-14(2)10-16(15(26)3)12-24-25-21(27)18-6-4-5-7-19(18)22/h4-12H,1-3H3,(H,25,27)/b24-12+. The summed E-state index contributed by atoms with van der Waals surface area (Å²) in [6, 6.07) is 15.2. The van der Waals surface area contributed by atoms with Crippen molar-refractivity contribution in [2.24, 2.45) is 5.10 Å². The fraction of sp³-hybridized carbons (Fsp3) is 0.143. The van der Waals surface area contributed by atoms with Crippen molar-refractivity contribution in [2.45, 2.75) is 20.8 Å². The number of amides is 1. The lowest BCUT2D eigenvalue weighted by molar-refractivity contribution is 0.0954. The van der Waals surface area contributed by atoms with Gasteiger partial charge in [0.2, 0.25) is 0 Å². The second kappa shape index (κ2) is 8.11. The number of rotatable bonds is 4. The zero-order valence-electron chi connectivity index (χ0n) is 15.3. The third kappa shape index (κ3) is 4.15. The number of carbonyl (C=O) groups is 1. The van der Waals surface area contributed by atoms with Crippen molar-refractivity contribution in [2.75, 3.05) is 0 Å². The van der Waals surface area contributed by atoms with E-state index in [0.29, 0.717) is 5.56 Å². The van der Waals surface area contributed by atoms with E-state index in [1.54, 1.807) is 12.3 Å². The van der Waals surface area contributed by atoms with E-state index in [1.807, 2.05) is 63.2 Å². The Bertz CT molecular complexity index is 1040. The van der Waals surface area contributed by atoms with Gasteiger partial charge in [0, 0.05) is 32.1 Å². The maximum atomic E-state index is 12.2. The summed E-state index contributed by atoms with van der Waals surface area (Å²) in [4.78, 5) is 12.2. The van der Waals surface area contributed by atoms with E-state index in [2.05, 4.69) is 31.0 Å². The van der Waals surface area contributed by atoms with Crippen LogP contribution in [0.4, 0.5) is 0 Å². The molecular weight excluding hydrogens is 426 g/mol. The molecule has 0 aliphatic carbocycles. The smallest absolute Gasteiger partial charge is 0.272 e. The summed E-state index contributed by atoms with van der Waals surface area (Å²) in [7, 11) is 0. The molecule has 27 heavy (non-hydrogen) atoms. The number of hydrogen-bond acceptors (Lipinski definition) is 2. The SMILES string of the molecule is Cc1ccc(-n2c(C)cc(/C=N/NC(=O)c3ccccc3Br)c2C)cc1Cl. The number of hydrogen-bond donors (Lipinski definition) is 1. The van der Waals surface area contributed by atoms with Crippen LogP contribution in [-0.4, -0.2) is 16.7 Å². The Morgan fingerprint density at radius 2 is 1.89 bits per heavy atom. The highest BCUT2D eigenvalue weighted by Gasteiger charge is 2.11. The lowest BCUT2D eigenvalue weighted by Gasteiger charge is -2.11. The van der Waals surface area contributed by atoms with Gasteiger partial charge in [0.15, 0.2) is 0 Å². The first-order valence-corrected chi connectivity index (χ1v) is 9.59. The molecule has 3 aromatic rings. The van der Waals surface area contributed by atoms with Crippen molar-refractivity contribution >= 4 is 39.7 Å². The minimum absolute atomic E-state index is 0.266. The molecule has 0 saturated heterocycles. The first kappa shape index (κ1) is 19.4. The van der Waals surface area contributed by atoms with Gasteiger partial charge in [-0.15, -0.1) is 0 Å². The van der Waals surface area contributed by atoms with Gasteiger partial charge in [-0.25, -0.2) is 5.43 Å². The first-order chi connectivity index (χ1) is 12.9. The Labute approximate surface area is 172 Å². The Balaban J connectivity index is 1.82. The molecule has 6 heteroatoms. The second-order valence-corrected chi connectivity index (χ2v) is 7.54. The summed E-state index contributed by atoms with van der Waals surface area (Å²) < 4.78 is 2.84. The third-order valence-corrected chi connectivity index (χ3v) is 5.47. The molecule has 0 aliphatic rings. The summed E-state index contributed by atoms with van der Waals surface area (Å²) in [5.74, 6) is -0.266. The highest BCUT2D eigenvalue weighted by Crippen LogP contribution is 2.24. The van der Waals surface area contributed by atoms with Crippen molar-refractivity contribution in [3.05, 3.63) is 86.1 Å². The van der Waals surface area contributed by atoms with Gasteiger partial charge in [-0.3, -0.25) is 4.79 Å². The molecule has 138 valence electrons. The van der Waals surface area contributed by atoms with Gasteiger partial charge in [0.05, 0.1) is 11.8 Å². The number of aromatic nitrogens is 1. The van der Waals surface area contributed by atoms with E-state index in [-0.39, 0.29) is 5.91 Å². The van der Waals surface area contributed by atoms with Crippen LogP contribution in [-0.2, 0) is 0 Å². The van der Waals surface area contributed by atoms with Crippen LogP contribution < -0.4 is 5.43 Å². The zero-order chi connectivity index (χ0) is 19.6. The Hall–Kier alpha value is -2.37. The van der Waals surface area contributed by atoms with Crippen LogP contribution in [0.2, 0.25) is 5.02 Å². The van der Waals surface area contributed by atoms with E-state index in [9.17, 15) is 4.79 Å². The highest BCUT2D eigenvalue weighted by atomic mass is 79.9. The maximum Gasteiger partial charge on any atom is 0.272 e. The largest absolute Gasteiger partial charge is 0.318 e. The summed E-state index contributed by atoms with van der Waals surface area (Å²) in [5.41, 5.74) is 8.15. The van der Waals surface area contributed by atoms with Gasteiger partial charge >= 0.3 is 0 Å². The highest BCUT2D eigenvalue weighted by molar-refractivity contribution is 9.10. The van der Waals surface area contributed by atoms with Crippen LogP contribution in [0, 0.1) is 20.8 Å². The molecule has 0 fully saturated rings. The van der Waals surface area contributed by atoms with Crippen LogP contribution in [0.15, 0.2) is 58.1 Å². The molecule has 1 N–H and O–H groups in total. The molecule has 1 aromatic heterocycles. The van der Waals surface area contributed by atoms with Gasteiger partial charge in [-0.05, 0) is 72.6 Å². The number of halogens is 2. The maximum absolute atomic E-state index is 12.2. The number of hydrazone groups is 1. The molecule has 4 nitrogen and oxygen atoms in total. The number of nitrogens with zero attached hydrogens (tertiary/aromatic N) is 2. The van der Waals surface area contributed by atoms with Crippen molar-refractivity contribution in [1.82, 2.24) is 9.99 Å². The van der Waals surface area contributed by atoms with Gasteiger partial charge < -0.3 is 4.57 Å². The van der Waals surface area contributed by atoms with E-state index >= 15 is 0 Å². The van der Waals surface area contributed by atoms with E-state index in [1.165, 1.54) is 0 Å². The van der Waals surface area contributed by atoms with Crippen LogP contribution in [0.1, 0.15) is 32.9 Å². The summed E-state index contributed by atoms with van der Waals surface area (Å²) in [5, 5.41) is 4.85. The molecule has 1 heterocycles. The summed E-state index contributed by atoms with van der Waals surface area (Å²) in [6.45, 7) is 6.02. The molecule has 0 saturated carbocycles. The molecule has 0 unspecified atom stereocenters. The molecule has 0 spiro atoms. The van der Waals surface area contributed by atoms with Crippen molar-refractivity contribution in [3.63, 3.8) is 0 Å². The van der Waals surface area contributed by atoms with E-state index in [4.69, 9.17) is 11.6 Å². The third-order valence-electron chi connectivity index (χ3n) is 4.37. The molecule has 0 bridgehead atoms. The Morgan fingerprint density at radius 3 is 2.59 bits per heavy atom. The van der Waals surface area contributed by atoms with Crippen LogP contribution >= 0.6 is 27.5 Å². The van der Waals surface area contributed by atoms with Gasteiger partial charge in [0.1, 0.15) is 0 Å². The Morgan fingerprint density at radius 1 is 1.15 bits per heavy atom. The topological polar surface area (TPSA) is 46.4 Å². The van der Waals surface area contributed by atoms with Crippen LogP contribution in [0.3, 0.4) is 0 Å². The van der Waals surface area contributed by atoms with Crippen molar-refractivity contribution in [3.8, 4) is 5.69 Å². The summed E-state index contributed by atoms with van der Waals surface area (Å²) in [6.07, 6.45) is 1.66. The number of aryl methyl sites for hydroxylation is 2. The quantitative estimate of drug-likeness (QED) is 0.414. The van der Waals surface area contributed by atoms with Crippen molar-refractivity contribution < 1.29 is 4.79 Å². The average Bonchev–Trinajstić information content (AvgIpc) is 2.91. The number of carbonyl (C=O) groups excluding carboxylic acids is 1. The van der Waals surface area contributed by atoms with Gasteiger partial charge in [-0.1, -0.05) is 29.8 Å². The monoisotopic (exact) mass is 443 g/mol. The van der Waals surface area contributed by atoms with Gasteiger partial charge in [-0.2, -0.15) is 5.10 Å². The van der Waals surface area contributed by atoms with Gasteiger partial charge in [0.25, 0.3) is 5.91 Å². The summed E-state index contributed by atoms with van der Waals surface area (Å²) >= 11 is 9.64.